The third-order valence-corrected chi connectivity index (χ3v) is 6.85. The van der Waals surface area contributed by atoms with Gasteiger partial charge in [-0.25, -0.2) is 0 Å². The van der Waals surface area contributed by atoms with Crippen LogP contribution >= 0.6 is 0 Å². The number of halogens is 6. The van der Waals surface area contributed by atoms with Crippen LogP contribution in [0.25, 0.3) is 0 Å². The molecule has 43 heavy (non-hydrogen) atoms. The summed E-state index contributed by atoms with van der Waals surface area (Å²) in [4.78, 5) is 25.3. The molecule has 0 aliphatic heterocycles. The van der Waals surface area contributed by atoms with Crippen molar-refractivity contribution in [2.75, 3.05) is 16.4 Å². The van der Waals surface area contributed by atoms with Gasteiger partial charge in [-0.15, -0.1) is 0 Å². The van der Waals surface area contributed by atoms with Crippen LogP contribution < -0.4 is 22.1 Å². The van der Waals surface area contributed by atoms with Crippen molar-refractivity contribution in [1.82, 2.24) is 0 Å². The number of nitrogen functional groups attached to an aromatic ring is 1. The van der Waals surface area contributed by atoms with E-state index in [4.69, 9.17) is 11.5 Å². The van der Waals surface area contributed by atoms with Crippen molar-refractivity contribution in [3.8, 4) is 11.5 Å². The Morgan fingerprint density at radius 3 is 1.60 bits per heavy atom. The quantitative estimate of drug-likeness (QED) is 0.118. The van der Waals surface area contributed by atoms with Crippen LogP contribution in [0.4, 0.5) is 43.4 Å². The standard InChI is InChI=1S/C29H24F6N4O4/c30-28(31,32)27(29(33,34)35,17-5-11-23(40)21(13-17)38-25(42)15-1-7-19(36)8-2-15)18-6-12-24(41)22(14-18)39-26(43)16-3-9-20(37)10-4-16/h1-3,5-9,11-14,40-41H,4,10,36-37H2,(H,38,42)(H,39,43). The number of allylic oxidation sites excluding steroid dienone is 3. The lowest BCUT2D eigenvalue weighted by molar-refractivity contribution is -0.288. The summed E-state index contributed by atoms with van der Waals surface area (Å²) in [5.74, 6) is -3.40. The molecule has 8 nitrogen and oxygen atoms in total. The van der Waals surface area contributed by atoms with Crippen LogP contribution in [0.2, 0.25) is 0 Å². The van der Waals surface area contributed by atoms with E-state index in [9.17, 15) is 46.1 Å². The third kappa shape index (κ3) is 5.94. The first-order chi connectivity index (χ1) is 20.0. The zero-order chi connectivity index (χ0) is 31.7. The molecule has 0 fully saturated rings. The predicted octanol–water partition coefficient (Wildman–Crippen LogP) is 5.84. The number of hydrogen-bond acceptors (Lipinski definition) is 6. The highest BCUT2D eigenvalue weighted by Crippen LogP contribution is 2.57. The van der Waals surface area contributed by atoms with E-state index in [0.717, 1.165) is 0 Å². The summed E-state index contributed by atoms with van der Waals surface area (Å²) < 4.78 is 88.8. The Balaban J connectivity index is 1.83. The normalized spacial score (nSPS) is 14.0. The number of nitrogens with two attached hydrogens (primary N) is 2. The molecule has 0 atom stereocenters. The van der Waals surface area contributed by atoms with E-state index in [1.165, 1.54) is 36.4 Å². The number of phenols is 2. The van der Waals surface area contributed by atoms with Gasteiger partial charge in [-0.2, -0.15) is 26.3 Å². The Morgan fingerprint density at radius 1 is 0.674 bits per heavy atom. The molecule has 4 rings (SSSR count). The summed E-state index contributed by atoms with van der Waals surface area (Å²) in [6.07, 6.45) is -8.86. The Labute approximate surface area is 240 Å². The number of rotatable bonds is 6. The van der Waals surface area contributed by atoms with Crippen LogP contribution in [0.3, 0.4) is 0 Å². The topological polar surface area (TPSA) is 151 Å². The molecule has 226 valence electrons. The molecule has 1 aliphatic rings. The van der Waals surface area contributed by atoms with Crippen LogP contribution in [0.1, 0.15) is 34.3 Å². The summed E-state index contributed by atoms with van der Waals surface area (Å²) in [6, 6.07) is 7.99. The number of benzene rings is 3. The molecule has 3 aromatic rings. The van der Waals surface area contributed by atoms with E-state index in [2.05, 4.69) is 10.6 Å². The summed E-state index contributed by atoms with van der Waals surface area (Å²) >= 11 is 0. The van der Waals surface area contributed by atoms with Crippen LogP contribution in [-0.4, -0.2) is 34.4 Å². The monoisotopic (exact) mass is 606 g/mol. The minimum Gasteiger partial charge on any atom is -0.506 e. The van der Waals surface area contributed by atoms with E-state index in [1.54, 1.807) is 0 Å². The van der Waals surface area contributed by atoms with E-state index in [1.807, 2.05) is 0 Å². The summed E-state index contributed by atoms with van der Waals surface area (Å²) in [6.45, 7) is 0. The fourth-order valence-corrected chi connectivity index (χ4v) is 4.59. The second-order valence-electron chi connectivity index (χ2n) is 9.67. The van der Waals surface area contributed by atoms with E-state index >= 15 is 0 Å². The summed E-state index contributed by atoms with van der Waals surface area (Å²) in [7, 11) is 0. The lowest BCUT2D eigenvalue weighted by Crippen LogP contribution is -2.54. The molecule has 1 aliphatic carbocycles. The van der Waals surface area contributed by atoms with Crippen molar-refractivity contribution in [2.45, 2.75) is 30.6 Å². The number of carbonyl (C=O) groups excluding carboxylic acids is 2. The first-order valence-corrected chi connectivity index (χ1v) is 12.5. The average Bonchev–Trinajstić information content (AvgIpc) is 2.91. The number of aromatic hydroxyl groups is 2. The van der Waals surface area contributed by atoms with Gasteiger partial charge in [-0.3, -0.25) is 9.59 Å². The average molecular weight is 607 g/mol. The highest BCUT2D eigenvalue weighted by Gasteiger charge is 2.72. The second kappa shape index (κ2) is 11.3. The first kappa shape index (κ1) is 30.8. The Hall–Kier alpha value is -5.14. The van der Waals surface area contributed by atoms with Crippen LogP contribution in [0.5, 0.6) is 11.5 Å². The van der Waals surface area contributed by atoms with Gasteiger partial charge >= 0.3 is 12.4 Å². The molecule has 0 bridgehead atoms. The van der Waals surface area contributed by atoms with E-state index in [-0.39, 0.29) is 17.6 Å². The van der Waals surface area contributed by atoms with Crippen LogP contribution in [0, 0.1) is 0 Å². The van der Waals surface area contributed by atoms with Gasteiger partial charge in [0.15, 0.2) is 0 Å². The van der Waals surface area contributed by atoms with Gasteiger partial charge in [0.25, 0.3) is 11.8 Å². The van der Waals surface area contributed by atoms with Crippen LogP contribution in [0.15, 0.2) is 84.1 Å². The molecule has 8 N–H and O–H groups in total. The maximum Gasteiger partial charge on any atom is 0.411 e. The van der Waals surface area contributed by atoms with Crippen molar-refractivity contribution in [1.29, 1.82) is 0 Å². The molecule has 2 amide bonds. The fourth-order valence-electron chi connectivity index (χ4n) is 4.59. The highest BCUT2D eigenvalue weighted by molar-refractivity contribution is 6.05. The van der Waals surface area contributed by atoms with Gasteiger partial charge in [0.1, 0.15) is 11.5 Å². The smallest absolute Gasteiger partial charge is 0.411 e. The van der Waals surface area contributed by atoms with Crippen molar-refractivity contribution >= 4 is 28.9 Å². The minimum atomic E-state index is -6.05. The number of alkyl halides is 6. The number of anilines is 3. The molecular formula is C29H24F6N4O4. The molecule has 14 heteroatoms. The third-order valence-electron chi connectivity index (χ3n) is 6.85. The van der Waals surface area contributed by atoms with E-state index < -0.39 is 63.6 Å². The number of phenolic OH excluding ortho intramolecular Hbond substituents is 2. The summed E-state index contributed by atoms with van der Waals surface area (Å²) in [5.41, 5.74) is 3.09. The maximum atomic E-state index is 14.8. The molecule has 0 saturated heterocycles. The molecule has 0 radical (unpaired) electrons. The Bertz CT molecular complexity index is 1620. The van der Waals surface area contributed by atoms with Gasteiger partial charge in [0, 0.05) is 22.5 Å². The van der Waals surface area contributed by atoms with Gasteiger partial charge in [-0.05, 0) is 78.6 Å². The highest BCUT2D eigenvalue weighted by atomic mass is 19.4. The Kier molecular flexibility index (Phi) is 8.07. The van der Waals surface area contributed by atoms with Gasteiger partial charge in [0.2, 0.25) is 5.41 Å². The zero-order valence-electron chi connectivity index (χ0n) is 22.0. The van der Waals surface area contributed by atoms with Crippen molar-refractivity contribution < 1.29 is 46.1 Å². The lowest BCUT2D eigenvalue weighted by atomic mass is 9.72. The fraction of sp³-hybridized carbons (Fsp3) is 0.172. The number of carbonyl (C=O) groups is 2. The molecular weight excluding hydrogens is 582 g/mol. The minimum absolute atomic E-state index is 0.0397. The molecule has 0 saturated carbocycles. The Morgan fingerprint density at radius 2 is 1.16 bits per heavy atom. The number of amides is 2. The van der Waals surface area contributed by atoms with Crippen molar-refractivity contribution in [3.63, 3.8) is 0 Å². The van der Waals surface area contributed by atoms with Gasteiger partial charge in [-0.1, -0.05) is 18.2 Å². The molecule has 0 aromatic heterocycles. The molecule has 3 aromatic carbocycles. The largest absolute Gasteiger partial charge is 0.506 e. The number of nitrogens with one attached hydrogen (secondary N) is 2. The van der Waals surface area contributed by atoms with Crippen LogP contribution in [-0.2, 0) is 10.2 Å². The van der Waals surface area contributed by atoms with Crippen molar-refractivity contribution in [2.24, 2.45) is 5.73 Å². The zero-order valence-corrected chi connectivity index (χ0v) is 22.0. The number of hydrogen-bond donors (Lipinski definition) is 6. The molecule has 0 heterocycles. The maximum absolute atomic E-state index is 14.8. The van der Waals surface area contributed by atoms with E-state index in [0.29, 0.717) is 54.2 Å². The SMILES string of the molecule is NC1=CC=C(C(=O)Nc2cc(C(c3ccc(O)c(NC(=O)c4ccc(N)cc4)c3)(C(F)(F)F)C(F)(F)F)ccc2O)CC1. The first-order valence-electron chi connectivity index (χ1n) is 12.5. The summed E-state index contributed by atoms with van der Waals surface area (Å²) in [5, 5.41) is 24.8. The lowest BCUT2D eigenvalue weighted by Gasteiger charge is -2.38. The van der Waals surface area contributed by atoms with Crippen molar-refractivity contribution in [3.05, 3.63) is 101 Å². The molecule has 0 unspecified atom stereocenters. The van der Waals surface area contributed by atoms with Gasteiger partial charge < -0.3 is 32.3 Å². The predicted molar refractivity (Wildman–Crippen MR) is 146 cm³/mol. The second-order valence-corrected chi connectivity index (χ2v) is 9.67. The van der Waals surface area contributed by atoms with Gasteiger partial charge in [0.05, 0.1) is 11.4 Å². The molecule has 0 spiro atoms.